The van der Waals surface area contributed by atoms with Crippen LogP contribution in [0.25, 0.3) is 5.76 Å². The van der Waals surface area contributed by atoms with Crippen LogP contribution < -0.4 is 9.47 Å². The standard InChI is InChI=1S/C23H25NO6/c1-28-13-7-12-24-20(17-11-10-16(29-2)14-18(17)30-3)19(22(26)23(24)27)21(25)15-8-5-4-6-9-15/h4-6,8-11,14,20,25H,7,12-13H2,1-3H3/b21-19+. The van der Waals surface area contributed by atoms with Gasteiger partial charge in [-0.15, -0.1) is 0 Å². The molecule has 0 saturated carbocycles. The molecule has 1 unspecified atom stereocenters. The number of benzene rings is 2. The highest BCUT2D eigenvalue weighted by Crippen LogP contribution is 2.43. The van der Waals surface area contributed by atoms with Crippen LogP contribution in [-0.2, 0) is 14.3 Å². The van der Waals surface area contributed by atoms with Gasteiger partial charge in [-0.3, -0.25) is 9.59 Å². The number of amides is 1. The van der Waals surface area contributed by atoms with Crippen LogP contribution in [0.2, 0.25) is 0 Å². The maximum absolute atomic E-state index is 13.0. The molecular formula is C23H25NO6. The predicted octanol–water partition coefficient (Wildman–Crippen LogP) is 3.16. The van der Waals surface area contributed by atoms with Gasteiger partial charge < -0.3 is 24.2 Å². The molecule has 1 fully saturated rings. The number of likely N-dealkylation sites (tertiary alicyclic amines) is 1. The molecular weight excluding hydrogens is 386 g/mol. The van der Waals surface area contributed by atoms with E-state index >= 15 is 0 Å². The van der Waals surface area contributed by atoms with Crippen LogP contribution in [0.1, 0.15) is 23.6 Å². The molecule has 1 amide bonds. The van der Waals surface area contributed by atoms with Gasteiger partial charge in [0.05, 0.1) is 25.8 Å². The second kappa shape index (κ2) is 9.45. The molecule has 2 aromatic rings. The second-order valence-corrected chi connectivity index (χ2v) is 6.81. The Morgan fingerprint density at radius 2 is 1.77 bits per heavy atom. The summed E-state index contributed by atoms with van der Waals surface area (Å²) in [6.07, 6.45) is 0.546. The summed E-state index contributed by atoms with van der Waals surface area (Å²) in [7, 11) is 4.63. The van der Waals surface area contributed by atoms with Gasteiger partial charge in [-0.1, -0.05) is 30.3 Å². The summed E-state index contributed by atoms with van der Waals surface area (Å²) < 4.78 is 15.9. The van der Waals surface area contributed by atoms with Gasteiger partial charge in [0.1, 0.15) is 17.3 Å². The first-order valence-electron chi connectivity index (χ1n) is 9.58. The normalized spacial score (nSPS) is 18.0. The van der Waals surface area contributed by atoms with Gasteiger partial charge in [0.25, 0.3) is 11.7 Å². The monoisotopic (exact) mass is 411 g/mol. The Morgan fingerprint density at radius 3 is 2.40 bits per heavy atom. The number of Topliss-reactive ketones (excluding diaryl/α,β-unsaturated/α-hetero) is 1. The van der Waals surface area contributed by atoms with Crippen molar-refractivity contribution in [2.45, 2.75) is 12.5 Å². The van der Waals surface area contributed by atoms with Crippen LogP contribution in [-0.4, -0.2) is 56.2 Å². The van der Waals surface area contributed by atoms with Crippen LogP contribution in [0.3, 0.4) is 0 Å². The number of ketones is 1. The van der Waals surface area contributed by atoms with Crippen molar-refractivity contribution in [1.29, 1.82) is 0 Å². The minimum absolute atomic E-state index is 0.0343. The Bertz CT molecular complexity index is 953. The van der Waals surface area contributed by atoms with Crippen LogP contribution in [0.15, 0.2) is 54.1 Å². The van der Waals surface area contributed by atoms with Crippen LogP contribution in [0.4, 0.5) is 0 Å². The van der Waals surface area contributed by atoms with Crippen LogP contribution in [0.5, 0.6) is 11.5 Å². The molecule has 3 rings (SSSR count). The number of ether oxygens (including phenoxy) is 3. The first-order valence-corrected chi connectivity index (χ1v) is 9.58. The number of nitrogens with zero attached hydrogens (tertiary/aromatic N) is 1. The van der Waals surface area contributed by atoms with Crippen molar-refractivity contribution < 1.29 is 28.9 Å². The Labute approximate surface area is 175 Å². The van der Waals surface area contributed by atoms with Crippen molar-refractivity contribution in [2.24, 2.45) is 0 Å². The molecule has 1 N–H and O–H groups in total. The van der Waals surface area contributed by atoms with E-state index in [1.165, 1.54) is 12.0 Å². The van der Waals surface area contributed by atoms with E-state index in [1.807, 2.05) is 6.07 Å². The minimum atomic E-state index is -0.789. The van der Waals surface area contributed by atoms with E-state index in [4.69, 9.17) is 14.2 Å². The van der Waals surface area contributed by atoms with Crippen molar-refractivity contribution in [3.8, 4) is 11.5 Å². The molecule has 1 aliphatic heterocycles. The predicted molar refractivity (Wildman–Crippen MR) is 111 cm³/mol. The van der Waals surface area contributed by atoms with Crippen molar-refractivity contribution in [2.75, 3.05) is 34.5 Å². The second-order valence-electron chi connectivity index (χ2n) is 6.81. The number of hydrogen-bond donors (Lipinski definition) is 1. The molecule has 1 saturated heterocycles. The largest absolute Gasteiger partial charge is 0.507 e. The topological polar surface area (TPSA) is 85.3 Å². The number of carbonyl (C=O) groups is 2. The molecule has 0 spiro atoms. The summed E-state index contributed by atoms with van der Waals surface area (Å²) in [5, 5.41) is 11.0. The van der Waals surface area contributed by atoms with Crippen LogP contribution >= 0.6 is 0 Å². The van der Waals surface area contributed by atoms with Gasteiger partial charge in [0.15, 0.2) is 0 Å². The lowest BCUT2D eigenvalue weighted by molar-refractivity contribution is -0.140. The number of methoxy groups -OCH3 is 3. The summed E-state index contributed by atoms with van der Waals surface area (Å²) in [5.74, 6) is -0.568. The molecule has 7 heteroatoms. The fourth-order valence-corrected chi connectivity index (χ4v) is 3.61. The summed E-state index contributed by atoms with van der Waals surface area (Å²) >= 11 is 0. The molecule has 0 bridgehead atoms. The first kappa shape index (κ1) is 21.4. The van der Waals surface area contributed by atoms with E-state index in [1.54, 1.807) is 56.7 Å². The summed E-state index contributed by atoms with van der Waals surface area (Å²) in [5.41, 5.74) is 1.09. The zero-order chi connectivity index (χ0) is 21.7. The van der Waals surface area contributed by atoms with E-state index in [0.717, 1.165) is 0 Å². The fraction of sp³-hybridized carbons (Fsp3) is 0.304. The Hall–Kier alpha value is -3.32. The molecule has 0 aliphatic carbocycles. The smallest absolute Gasteiger partial charge is 0.295 e. The van der Waals surface area contributed by atoms with Gasteiger partial charge in [0.2, 0.25) is 0 Å². The quantitative estimate of drug-likeness (QED) is 0.311. The minimum Gasteiger partial charge on any atom is -0.507 e. The van der Waals surface area contributed by atoms with E-state index in [9.17, 15) is 14.7 Å². The molecule has 0 radical (unpaired) electrons. The van der Waals surface area contributed by atoms with Crippen molar-refractivity contribution in [1.82, 2.24) is 4.90 Å². The third-order valence-electron chi connectivity index (χ3n) is 5.07. The SMILES string of the molecule is COCCCN1C(=O)C(=O)/C(=C(/O)c2ccccc2)C1c1ccc(OC)cc1OC. The van der Waals surface area contributed by atoms with Gasteiger partial charge in [0, 0.05) is 37.5 Å². The number of aliphatic hydroxyl groups is 1. The third kappa shape index (κ3) is 4.02. The molecule has 158 valence electrons. The Kier molecular flexibility index (Phi) is 6.74. The highest BCUT2D eigenvalue weighted by Gasteiger charge is 2.46. The van der Waals surface area contributed by atoms with Gasteiger partial charge in [-0.25, -0.2) is 0 Å². The Morgan fingerprint density at radius 1 is 1.03 bits per heavy atom. The Balaban J connectivity index is 2.18. The number of aliphatic hydroxyl groups excluding tert-OH is 1. The average molecular weight is 411 g/mol. The highest BCUT2D eigenvalue weighted by molar-refractivity contribution is 6.46. The number of rotatable bonds is 8. The molecule has 1 atom stereocenters. The zero-order valence-corrected chi connectivity index (χ0v) is 17.3. The summed E-state index contributed by atoms with van der Waals surface area (Å²) in [6.45, 7) is 0.734. The molecule has 7 nitrogen and oxygen atoms in total. The number of hydrogen-bond acceptors (Lipinski definition) is 6. The number of carbonyl (C=O) groups excluding carboxylic acids is 2. The zero-order valence-electron chi connectivity index (χ0n) is 17.3. The summed E-state index contributed by atoms with van der Waals surface area (Å²) in [4.78, 5) is 27.3. The van der Waals surface area contributed by atoms with Crippen molar-refractivity contribution >= 4 is 17.4 Å². The van der Waals surface area contributed by atoms with Crippen molar-refractivity contribution in [3.05, 3.63) is 65.2 Å². The molecule has 1 aliphatic rings. The van der Waals surface area contributed by atoms with Gasteiger partial charge in [-0.2, -0.15) is 0 Å². The molecule has 30 heavy (non-hydrogen) atoms. The highest BCUT2D eigenvalue weighted by atomic mass is 16.5. The molecule has 0 aromatic heterocycles. The van der Waals surface area contributed by atoms with Crippen molar-refractivity contribution in [3.63, 3.8) is 0 Å². The average Bonchev–Trinajstić information content (AvgIpc) is 3.03. The summed E-state index contributed by atoms with van der Waals surface area (Å²) in [6, 6.07) is 13.1. The lowest BCUT2D eigenvalue weighted by atomic mass is 9.94. The lowest BCUT2D eigenvalue weighted by Gasteiger charge is -2.26. The van der Waals surface area contributed by atoms with Gasteiger partial charge in [-0.05, 0) is 18.6 Å². The first-order chi connectivity index (χ1) is 14.5. The van der Waals surface area contributed by atoms with Gasteiger partial charge >= 0.3 is 0 Å². The third-order valence-corrected chi connectivity index (χ3v) is 5.07. The fourth-order valence-electron chi connectivity index (χ4n) is 3.61. The molecule has 1 heterocycles. The van der Waals surface area contributed by atoms with E-state index in [-0.39, 0.29) is 11.3 Å². The lowest BCUT2D eigenvalue weighted by Crippen LogP contribution is -2.31. The molecule has 2 aromatic carbocycles. The van der Waals surface area contributed by atoms with E-state index in [0.29, 0.717) is 42.2 Å². The van der Waals surface area contributed by atoms with E-state index in [2.05, 4.69) is 0 Å². The van der Waals surface area contributed by atoms with Crippen LogP contribution in [0, 0.1) is 0 Å². The maximum atomic E-state index is 13.0. The maximum Gasteiger partial charge on any atom is 0.295 e. The van der Waals surface area contributed by atoms with E-state index < -0.39 is 17.7 Å².